The number of hydrogen-bond acceptors (Lipinski definition) is 5. The molecular weight excluding hydrogens is 490 g/mol. The van der Waals surface area contributed by atoms with Crippen LogP contribution in [0.5, 0.6) is 5.75 Å². The van der Waals surface area contributed by atoms with Gasteiger partial charge in [-0.1, -0.05) is 61.7 Å². The van der Waals surface area contributed by atoms with E-state index in [1.54, 1.807) is 31.2 Å². The van der Waals surface area contributed by atoms with Gasteiger partial charge in [0.1, 0.15) is 18.3 Å². The Hall–Kier alpha value is -3.07. The van der Waals surface area contributed by atoms with Gasteiger partial charge in [-0.3, -0.25) is 13.9 Å². The SMILES string of the molecule is CCOc1ccccc1N(CC(=O)N(CCc1ccccc1)[C@@H](C)C(=O)NC1CCCCC1)S(C)(=O)=O. The van der Waals surface area contributed by atoms with E-state index in [9.17, 15) is 18.0 Å². The van der Waals surface area contributed by atoms with Crippen LogP contribution in [0.3, 0.4) is 0 Å². The van der Waals surface area contributed by atoms with E-state index in [0.717, 1.165) is 41.8 Å². The lowest BCUT2D eigenvalue weighted by Crippen LogP contribution is -2.53. The predicted molar refractivity (Wildman–Crippen MR) is 146 cm³/mol. The van der Waals surface area contributed by atoms with Crippen molar-refractivity contribution in [1.82, 2.24) is 10.2 Å². The Morgan fingerprint density at radius 3 is 2.32 bits per heavy atom. The maximum absolute atomic E-state index is 13.7. The van der Waals surface area contributed by atoms with E-state index >= 15 is 0 Å². The van der Waals surface area contributed by atoms with Gasteiger partial charge in [0.15, 0.2) is 0 Å². The largest absolute Gasteiger partial charge is 0.492 e. The number of nitrogens with zero attached hydrogens (tertiary/aromatic N) is 2. The molecule has 0 aliphatic heterocycles. The average Bonchev–Trinajstić information content (AvgIpc) is 2.88. The Balaban J connectivity index is 1.85. The van der Waals surface area contributed by atoms with E-state index in [2.05, 4.69) is 5.32 Å². The zero-order chi connectivity index (χ0) is 26.8. The van der Waals surface area contributed by atoms with Gasteiger partial charge in [0.25, 0.3) is 0 Å². The third-order valence-electron chi connectivity index (χ3n) is 6.72. The molecule has 1 aliphatic rings. The van der Waals surface area contributed by atoms with Crippen molar-refractivity contribution in [3.05, 3.63) is 60.2 Å². The second-order valence-electron chi connectivity index (χ2n) is 9.51. The highest BCUT2D eigenvalue weighted by molar-refractivity contribution is 7.92. The molecule has 0 spiro atoms. The van der Waals surface area contributed by atoms with E-state index in [1.807, 2.05) is 37.3 Å². The third-order valence-corrected chi connectivity index (χ3v) is 7.84. The predicted octanol–water partition coefficient (Wildman–Crippen LogP) is 3.76. The van der Waals surface area contributed by atoms with Crippen molar-refractivity contribution < 1.29 is 22.7 Å². The second-order valence-corrected chi connectivity index (χ2v) is 11.4. The number of sulfonamides is 1. The Labute approximate surface area is 221 Å². The Morgan fingerprint density at radius 1 is 1.03 bits per heavy atom. The highest BCUT2D eigenvalue weighted by Gasteiger charge is 2.31. The Morgan fingerprint density at radius 2 is 1.68 bits per heavy atom. The molecule has 0 unspecified atom stereocenters. The van der Waals surface area contributed by atoms with E-state index in [1.165, 1.54) is 11.3 Å². The minimum atomic E-state index is -3.82. The van der Waals surface area contributed by atoms with Crippen molar-refractivity contribution in [2.45, 2.75) is 64.5 Å². The smallest absolute Gasteiger partial charge is 0.244 e. The number of carbonyl (C=O) groups excluding carboxylic acids is 2. The quantitative estimate of drug-likeness (QED) is 0.452. The monoisotopic (exact) mass is 529 g/mol. The van der Waals surface area contributed by atoms with Crippen molar-refractivity contribution in [3.8, 4) is 5.75 Å². The summed E-state index contributed by atoms with van der Waals surface area (Å²) in [6.45, 7) is 3.72. The van der Waals surface area contributed by atoms with Crippen molar-refractivity contribution >= 4 is 27.5 Å². The number of para-hydroxylation sites is 2. The molecule has 1 atom stereocenters. The van der Waals surface area contributed by atoms with Crippen LogP contribution in [-0.4, -0.2) is 63.2 Å². The average molecular weight is 530 g/mol. The lowest BCUT2D eigenvalue weighted by molar-refractivity contribution is -0.139. The Bertz CT molecular complexity index is 1130. The molecule has 1 aliphatic carbocycles. The summed E-state index contributed by atoms with van der Waals surface area (Å²) in [6, 6.07) is 15.8. The molecule has 2 aromatic carbocycles. The Kier molecular flexibility index (Phi) is 10.4. The fourth-order valence-corrected chi connectivity index (χ4v) is 5.53. The van der Waals surface area contributed by atoms with Gasteiger partial charge in [-0.25, -0.2) is 8.42 Å². The normalized spacial score (nSPS) is 15.0. The first kappa shape index (κ1) is 28.5. The van der Waals surface area contributed by atoms with Gasteiger partial charge in [-0.2, -0.15) is 0 Å². The lowest BCUT2D eigenvalue weighted by atomic mass is 9.95. The maximum Gasteiger partial charge on any atom is 0.244 e. The summed E-state index contributed by atoms with van der Waals surface area (Å²) in [7, 11) is -3.82. The van der Waals surface area contributed by atoms with Crippen LogP contribution in [0.15, 0.2) is 54.6 Å². The van der Waals surface area contributed by atoms with Crippen LogP contribution in [0, 0.1) is 0 Å². The highest BCUT2D eigenvalue weighted by atomic mass is 32.2. The molecule has 0 aromatic heterocycles. The van der Waals surface area contributed by atoms with Crippen molar-refractivity contribution in [1.29, 1.82) is 0 Å². The van der Waals surface area contributed by atoms with Crippen molar-refractivity contribution in [2.24, 2.45) is 0 Å². The topological polar surface area (TPSA) is 96.0 Å². The molecule has 8 nitrogen and oxygen atoms in total. The molecule has 2 aromatic rings. The molecular formula is C28H39N3O5S. The molecule has 202 valence electrons. The van der Waals surface area contributed by atoms with Crippen LogP contribution in [0.25, 0.3) is 0 Å². The molecule has 1 saturated carbocycles. The minimum Gasteiger partial charge on any atom is -0.492 e. The molecule has 0 heterocycles. The number of hydrogen-bond donors (Lipinski definition) is 1. The fraction of sp³-hybridized carbons (Fsp3) is 0.500. The standard InChI is InChI=1S/C28H39N3O5S/c1-4-36-26-18-12-11-17-25(26)31(37(3,34)35)21-27(32)30(20-19-23-13-7-5-8-14-23)22(2)28(33)29-24-15-9-6-10-16-24/h5,7-8,11-14,17-18,22,24H,4,6,9-10,15-16,19-21H2,1-3H3,(H,29,33)/t22-/m0/s1. The summed E-state index contributed by atoms with van der Waals surface area (Å²) in [5.74, 6) is -0.282. The molecule has 2 amide bonds. The number of ether oxygens (including phenoxy) is 1. The van der Waals surface area contributed by atoms with Crippen LogP contribution in [-0.2, 0) is 26.0 Å². The van der Waals surface area contributed by atoms with Crippen LogP contribution in [0.2, 0.25) is 0 Å². The molecule has 1 N–H and O–H groups in total. The van der Waals surface area contributed by atoms with Gasteiger partial charge < -0.3 is 15.0 Å². The van der Waals surface area contributed by atoms with Gasteiger partial charge in [-0.15, -0.1) is 0 Å². The number of carbonyl (C=O) groups is 2. The van der Waals surface area contributed by atoms with Gasteiger partial charge in [0.05, 0.1) is 18.6 Å². The van der Waals surface area contributed by atoms with Gasteiger partial charge in [-0.05, 0) is 50.8 Å². The van der Waals surface area contributed by atoms with Crippen LogP contribution in [0.4, 0.5) is 5.69 Å². The first-order chi connectivity index (χ1) is 17.7. The molecule has 0 radical (unpaired) electrons. The molecule has 9 heteroatoms. The first-order valence-corrected chi connectivity index (χ1v) is 14.9. The van der Waals surface area contributed by atoms with Crippen LogP contribution >= 0.6 is 0 Å². The number of benzene rings is 2. The maximum atomic E-state index is 13.7. The molecule has 0 saturated heterocycles. The lowest BCUT2D eigenvalue weighted by Gasteiger charge is -2.33. The van der Waals surface area contributed by atoms with E-state index in [-0.39, 0.29) is 18.5 Å². The zero-order valence-electron chi connectivity index (χ0n) is 22.1. The van der Waals surface area contributed by atoms with Crippen molar-refractivity contribution in [3.63, 3.8) is 0 Å². The summed E-state index contributed by atoms with van der Waals surface area (Å²) in [5.41, 5.74) is 1.32. The fourth-order valence-electron chi connectivity index (χ4n) is 4.67. The first-order valence-electron chi connectivity index (χ1n) is 13.0. The molecule has 1 fully saturated rings. The second kappa shape index (κ2) is 13.5. The highest BCUT2D eigenvalue weighted by Crippen LogP contribution is 2.30. The summed E-state index contributed by atoms with van der Waals surface area (Å²) in [6.07, 6.45) is 6.82. The minimum absolute atomic E-state index is 0.111. The molecule has 37 heavy (non-hydrogen) atoms. The summed E-state index contributed by atoms with van der Waals surface area (Å²) in [4.78, 5) is 28.4. The van der Waals surface area contributed by atoms with Gasteiger partial charge in [0, 0.05) is 12.6 Å². The van der Waals surface area contributed by atoms with Gasteiger partial charge in [0.2, 0.25) is 21.8 Å². The van der Waals surface area contributed by atoms with E-state index in [0.29, 0.717) is 24.5 Å². The summed E-state index contributed by atoms with van der Waals surface area (Å²) >= 11 is 0. The van der Waals surface area contributed by atoms with Crippen molar-refractivity contribution in [2.75, 3.05) is 30.3 Å². The third kappa shape index (κ3) is 8.21. The number of amides is 2. The number of anilines is 1. The van der Waals surface area contributed by atoms with Gasteiger partial charge >= 0.3 is 0 Å². The molecule has 0 bridgehead atoms. The van der Waals surface area contributed by atoms with Crippen LogP contribution in [0.1, 0.15) is 51.5 Å². The zero-order valence-corrected chi connectivity index (χ0v) is 22.9. The number of rotatable bonds is 12. The number of nitrogens with one attached hydrogen (secondary N) is 1. The van der Waals surface area contributed by atoms with E-state index < -0.39 is 28.5 Å². The van der Waals surface area contributed by atoms with E-state index in [4.69, 9.17) is 4.74 Å². The summed E-state index contributed by atoms with van der Waals surface area (Å²) in [5, 5.41) is 3.11. The summed E-state index contributed by atoms with van der Waals surface area (Å²) < 4.78 is 32.3. The molecule has 3 rings (SSSR count). The van der Waals surface area contributed by atoms with Crippen LogP contribution < -0.4 is 14.4 Å².